The lowest BCUT2D eigenvalue weighted by Crippen LogP contribution is -2.50. The summed E-state index contributed by atoms with van der Waals surface area (Å²) in [4.78, 5) is 14.5. The van der Waals surface area contributed by atoms with Crippen LogP contribution in [0.2, 0.25) is 5.02 Å². The van der Waals surface area contributed by atoms with Gasteiger partial charge >= 0.3 is 0 Å². The van der Waals surface area contributed by atoms with E-state index in [-0.39, 0.29) is 12.0 Å². The number of hydrogen-bond donors (Lipinski definition) is 1. The maximum Gasteiger partial charge on any atom is 0.240 e. The number of rotatable bonds is 4. The molecular formula is C19H21ClN2O2. The summed E-state index contributed by atoms with van der Waals surface area (Å²) in [5, 5.41) is 0.687. The Balaban J connectivity index is 1.63. The molecule has 4 nitrogen and oxygen atoms in total. The predicted octanol–water partition coefficient (Wildman–Crippen LogP) is 2.81. The number of benzene rings is 2. The van der Waals surface area contributed by atoms with Crippen molar-refractivity contribution in [1.29, 1.82) is 0 Å². The predicted molar refractivity (Wildman–Crippen MR) is 94.8 cm³/mol. The van der Waals surface area contributed by atoms with Crippen LogP contribution in [-0.4, -0.2) is 36.5 Å². The molecule has 1 saturated heterocycles. The fourth-order valence-electron chi connectivity index (χ4n) is 2.92. The number of nitrogens with zero attached hydrogens (tertiary/aromatic N) is 1. The van der Waals surface area contributed by atoms with Gasteiger partial charge in [0.1, 0.15) is 6.10 Å². The Labute approximate surface area is 147 Å². The lowest BCUT2D eigenvalue weighted by Gasteiger charge is -2.34. The van der Waals surface area contributed by atoms with E-state index in [1.807, 2.05) is 54.6 Å². The van der Waals surface area contributed by atoms with Crippen LogP contribution in [0.15, 0.2) is 54.6 Å². The first kappa shape index (κ1) is 17.0. The fourth-order valence-corrected chi connectivity index (χ4v) is 3.04. The van der Waals surface area contributed by atoms with Gasteiger partial charge in [-0.2, -0.15) is 0 Å². The highest BCUT2D eigenvalue weighted by Crippen LogP contribution is 2.24. The average molecular weight is 345 g/mol. The molecule has 1 heterocycles. The van der Waals surface area contributed by atoms with E-state index in [9.17, 15) is 4.79 Å². The van der Waals surface area contributed by atoms with Gasteiger partial charge in [0.2, 0.25) is 5.91 Å². The van der Waals surface area contributed by atoms with Gasteiger partial charge in [0.05, 0.1) is 19.2 Å². The second-order valence-corrected chi connectivity index (χ2v) is 6.43. The summed E-state index contributed by atoms with van der Waals surface area (Å²) in [5.41, 5.74) is 8.23. The first-order valence-electron chi connectivity index (χ1n) is 8.09. The molecule has 0 bridgehead atoms. The molecule has 2 aromatic carbocycles. The zero-order valence-electron chi connectivity index (χ0n) is 13.4. The molecule has 1 aliphatic rings. The summed E-state index contributed by atoms with van der Waals surface area (Å²) in [6.07, 6.45) is 0.409. The van der Waals surface area contributed by atoms with Crippen LogP contribution in [-0.2, 0) is 16.0 Å². The van der Waals surface area contributed by atoms with Gasteiger partial charge in [-0.25, -0.2) is 0 Å². The molecule has 0 aromatic heterocycles. The van der Waals surface area contributed by atoms with Crippen LogP contribution in [0, 0.1) is 0 Å². The first-order valence-corrected chi connectivity index (χ1v) is 8.46. The van der Waals surface area contributed by atoms with Gasteiger partial charge in [-0.05, 0) is 29.7 Å². The van der Waals surface area contributed by atoms with Crippen molar-refractivity contribution >= 4 is 17.5 Å². The van der Waals surface area contributed by atoms with Crippen LogP contribution >= 0.6 is 11.6 Å². The summed E-state index contributed by atoms with van der Waals surface area (Å²) in [5.74, 6) is -0.0267. The largest absolute Gasteiger partial charge is 0.370 e. The Kier molecular flexibility index (Phi) is 5.51. The quantitative estimate of drug-likeness (QED) is 0.927. The van der Waals surface area contributed by atoms with E-state index in [4.69, 9.17) is 22.1 Å². The Morgan fingerprint density at radius 2 is 1.92 bits per heavy atom. The number of hydrogen-bond acceptors (Lipinski definition) is 3. The van der Waals surface area contributed by atoms with Gasteiger partial charge in [-0.15, -0.1) is 0 Å². The lowest BCUT2D eigenvalue weighted by atomic mass is 10.0. The maximum absolute atomic E-state index is 12.7. The Morgan fingerprint density at radius 3 is 2.62 bits per heavy atom. The van der Waals surface area contributed by atoms with Crippen LogP contribution in [0.5, 0.6) is 0 Å². The van der Waals surface area contributed by atoms with E-state index in [2.05, 4.69) is 0 Å². The van der Waals surface area contributed by atoms with Gasteiger partial charge in [-0.1, -0.05) is 54.1 Å². The number of amides is 1. The number of nitrogens with two attached hydrogens (primary N) is 1. The van der Waals surface area contributed by atoms with E-state index < -0.39 is 6.04 Å². The van der Waals surface area contributed by atoms with Gasteiger partial charge in [0, 0.05) is 11.6 Å². The average Bonchev–Trinajstić information content (AvgIpc) is 2.62. The van der Waals surface area contributed by atoms with Gasteiger partial charge in [-0.3, -0.25) is 4.79 Å². The molecule has 2 unspecified atom stereocenters. The molecule has 1 amide bonds. The summed E-state index contributed by atoms with van der Waals surface area (Å²) in [6, 6.07) is 16.9. The number of halogens is 1. The normalized spacial score (nSPS) is 19.1. The summed E-state index contributed by atoms with van der Waals surface area (Å²) < 4.78 is 5.80. The smallest absolute Gasteiger partial charge is 0.240 e. The SMILES string of the molecule is NC(Cc1ccccc1)C(=O)N1CCOC(c2ccc(Cl)cc2)C1. The highest BCUT2D eigenvalue weighted by atomic mass is 35.5. The van der Waals surface area contributed by atoms with Crippen LogP contribution < -0.4 is 5.73 Å². The molecule has 0 saturated carbocycles. The molecule has 1 fully saturated rings. The molecule has 2 atom stereocenters. The third-order valence-corrected chi connectivity index (χ3v) is 4.49. The molecule has 2 aromatic rings. The molecule has 0 radical (unpaired) electrons. The lowest BCUT2D eigenvalue weighted by molar-refractivity contribution is -0.140. The molecule has 2 N–H and O–H groups in total. The minimum atomic E-state index is -0.531. The Hall–Kier alpha value is -1.88. The van der Waals surface area contributed by atoms with Crippen molar-refractivity contribution in [2.75, 3.05) is 19.7 Å². The highest BCUT2D eigenvalue weighted by Gasteiger charge is 2.28. The minimum Gasteiger partial charge on any atom is -0.370 e. The van der Waals surface area contributed by atoms with Gasteiger partial charge in [0.25, 0.3) is 0 Å². The third-order valence-electron chi connectivity index (χ3n) is 4.24. The van der Waals surface area contributed by atoms with Crippen LogP contribution in [0.25, 0.3) is 0 Å². The number of morpholine rings is 1. The van der Waals surface area contributed by atoms with E-state index in [1.165, 1.54) is 0 Å². The van der Waals surface area contributed by atoms with Crippen molar-refractivity contribution in [2.45, 2.75) is 18.6 Å². The summed E-state index contributed by atoms with van der Waals surface area (Å²) in [6.45, 7) is 1.60. The molecular weight excluding hydrogens is 324 g/mol. The molecule has 0 spiro atoms. The van der Waals surface area contributed by atoms with E-state index >= 15 is 0 Å². The van der Waals surface area contributed by atoms with Crippen molar-refractivity contribution < 1.29 is 9.53 Å². The van der Waals surface area contributed by atoms with Crippen molar-refractivity contribution in [3.8, 4) is 0 Å². The molecule has 3 rings (SSSR count). The highest BCUT2D eigenvalue weighted by molar-refractivity contribution is 6.30. The maximum atomic E-state index is 12.7. The monoisotopic (exact) mass is 344 g/mol. The number of carbonyl (C=O) groups excluding carboxylic acids is 1. The van der Waals surface area contributed by atoms with Crippen molar-refractivity contribution in [1.82, 2.24) is 4.90 Å². The van der Waals surface area contributed by atoms with E-state index in [0.717, 1.165) is 11.1 Å². The fraction of sp³-hybridized carbons (Fsp3) is 0.316. The molecule has 5 heteroatoms. The summed E-state index contributed by atoms with van der Waals surface area (Å²) >= 11 is 5.93. The van der Waals surface area contributed by atoms with Crippen molar-refractivity contribution in [2.24, 2.45) is 5.73 Å². The van der Waals surface area contributed by atoms with Crippen molar-refractivity contribution in [3.05, 3.63) is 70.7 Å². The number of carbonyl (C=O) groups is 1. The Bertz CT molecular complexity index is 676. The Morgan fingerprint density at radius 1 is 1.21 bits per heavy atom. The molecule has 1 aliphatic heterocycles. The minimum absolute atomic E-state index is 0.0267. The third kappa shape index (κ3) is 4.15. The second kappa shape index (κ2) is 7.79. The standard InChI is InChI=1S/C19H21ClN2O2/c20-16-8-6-15(7-9-16)18-13-22(10-11-24-18)19(23)17(21)12-14-4-2-1-3-5-14/h1-9,17-18H,10-13,21H2. The summed E-state index contributed by atoms with van der Waals surface area (Å²) in [7, 11) is 0. The second-order valence-electron chi connectivity index (χ2n) is 5.99. The van der Waals surface area contributed by atoms with E-state index in [1.54, 1.807) is 4.90 Å². The molecule has 24 heavy (non-hydrogen) atoms. The van der Waals surface area contributed by atoms with Gasteiger partial charge < -0.3 is 15.4 Å². The topological polar surface area (TPSA) is 55.6 Å². The molecule has 0 aliphatic carbocycles. The van der Waals surface area contributed by atoms with Gasteiger partial charge in [0.15, 0.2) is 0 Å². The van der Waals surface area contributed by atoms with Crippen LogP contribution in [0.3, 0.4) is 0 Å². The zero-order valence-corrected chi connectivity index (χ0v) is 14.2. The number of ether oxygens (including phenoxy) is 1. The van der Waals surface area contributed by atoms with Crippen LogP contribution in [0.4, 0.5) is 0 Å². The van der Waals surface area contributed by atoms with Crippen LogP contribution in [0.1, 0.15) is 17.2 Å². The van der Waals surface area contributed by atoms with E-state index in [0.29, 0.717) is 31.1 Å². The first-order chi connectivity index (χ1) is 11.6. The molecule has 126 valence electrons. The van der Waals surface area contributed by atoms with Crippen molar-refractivity contribution in [3.63, 3.8) is 0 Å². The zero-order chi connectivity index (χ0) is 16.9.